The molecule has 0 amide bonds. The van der Waals surface area contributed by atoms with Crippen molar-refractivity contribution < 1.29 is 9.90 Å². The Hall–Kier alpha value is -2.02. The van der Waals surface area contributed by atoms with Crippen LogP contribution in [0, 0.1) is 0 Å². The molecule has 0 radical (unpaired) electrons. The van der Waals surface area contributed by atoms with Crippen LogP contribution >= 0.6 is 11.8 Å². The Kier molecular flexibility index (Phi) is 3.83. The molecule has 21 heavy (non-hydrogen) atoms. The molecule has 1 aromatic carbocycles. The van der Waals surface area contributed by atoms with E-state index in [4.69, 9.17) is 5.73 Å². The van der Waals surface area contributed by atoms with Crippen LogP contribution in [-0.2, 0) is 13.0 Å². The summed E-state index contributed by atoms with van der Waals surface area (Å²) < 4.78 is 2.10. The average Bonchev–Trinajstić information content (AvgIpc) is 2.69. The third-order valence-corrected chi connectivity index (χ3v) is 4.57. The first-order valence-electron chi connectivity index (χ1n) is 6.88. The van der Waals surface area contributed by atoms with Crippen LogP contribution in [0.3, 0.4) is 0 Å². The van der Waals surface area contributed by atoms with E-state index in [-0.39, 0.29) is 5.56 Å². The molecule has 1 aliphatic heterocycles. The number of nitrogens with two attached hydrogens (primary N) is 1. The topological polar surface area (TPSA) is 94.0 Å². The predicted molar refractivity (Wildman–Crippen MR) is 79.5 cm³/mol. The van der Waals surface area contributed by atoms with Gasteiger partial charge in [0.25, 0.3) is 0 Å². The largest absolute Gasteiger partial charge is 0.478 e. The summed E-state index contributed by atoms with van der Waals surface area (Å²) in [7, 11) is 0. The van der Waals surface area contributed by atoms with Gasteiger partial charge in [-0.05, 0) is 42.8 Å². The van der Waals surface area contributed by atoms with Crippen molar-refractivity contribution in [2.24, 2.45) is 0 Å². The number of aryl methyl sites for hydroxylation is 1. The number of aromatic carboxylic acids is 1. The molecule has 0 saturated carbocycles. The van der Waals surface area contributed by atoms with Gasteiger partial charge in [0.1, 0.15) is 5.82 Å². The lowest BCUT2D eigenvalue weighted by Gasteiger charge is -2.08. The van der Waals surface area contributed by atoms with E-state index in [0.29, 0.717) is 10.6 Å². The van der Waals surface area contributed by atoms with Crippen molar-refractivity contribution in [2.45, 2.75) is 42.3 Å². The summed E-state index contributed by atoms with van der Waals surface area (Å²) in [5.41, 5.74) is 6.31. The van der Waals surface area contributed by atoms with Crippen molar-refractivity contribution in [2.75, 3.05) is 5.73 Å². The first-order chi connectivity index (χ1) is 10.1. The summed E-state index contributed by atoms with van der Waals surface area (Å²) in [4.78, 5) is 12.0. The Balaban J connectivity index is 1.94. The van der Waals surface area contributed by atoms with Crippen LogP contribution in [0.5, 0.6) is 0 Å². The first kappa shape index (κ1) is 13.9. The summed E-state index contributed by atoms with van der Waals surface area (Å²) in [6, 6.07) is 4.90. The van der Waals surface area contributed by atoms with Crippen molar-refractivity contribution in [3.05, 3.63) is 29.6 Å². The van der Waals surface area contributed by atoms with Gasteiger partial charge in [0, 0.05) is 23.5 Å². The fraction of sp³-hybridized carbons (Fsp3) is 0.357. The number of carbonyl (C=O) groups is 1. The molecule has 0 atom stereocenters. The Morgan fingerprint density at radius 2 is 2.14 bits per heavy atom. The second-order valence-electron chi connectivity index (χ2n) is 5.02. The first-order valence-corrected chi connectivity index (χ1v) is 7.69. The molecule has 0 bridgehead atoms. The number of anilines is 1. The van der Waals surface area contributed by atoms with Gasteiger partial charge in [0.2, 0.25) is 0 Å². The third kappa shape index (κ3) is 2.87. The minimum absolute atomic E-state index is 0.200. The number of fused-ring (bicyclic) bond motifs is 1. The van der Waals surface area contributed by atoms with Gasteiger partial charge >= 0.3 is 5.97 Å². The molecule has 2 heterocycles. The third-order valence-electron chi connectivity index (χ3n) is 3.51. The molecular formula is C14H16N4O2S. The van der Waals surface area contributed by atoms with Crippen molar-refractivity contribution in [1.29, 1.82) is 0 Å². The van der Waals surface area contributed by atoms with Crippen molar-refractivity contribution in [3.63, 3.8) is 0 Å². The van der Waals surface area contributed by atoms with E-state index in [1.54, 1.807) is 12.1 Å². The van der Waals surface area contributed by atoms with E-state index in [1.165, 1.54) is 24.2 Å². The molecular weight excluding hydrogens is 288 g/mol. The van der Waals surface area contributed by atoms with Crippen LogP contribution in [0.4, 0.5) is 5.69 Å². The van der Waals surface area contributed by atoms with Crippen LogP contribution in [-0.4, -0.2) is 25.8 Å². The van der Waals surface area contributed by atoms with Crippen LogP contribution in [0.1, 0.15) is 35.4 Å². The van der Waals surface area contributed by atoms with Crippen LogP contribution in [0.25, 0.3) is 0 Å². The minimum Gasteiger partial charge on any atom is -0.478 e. The highest BCUT2D eigenvalue weighted by Gasteiger charge is 2.18. The molecule has 0 fully saturated rings. The molecule has 6 nitrogen and oxygen atoms in total. The van der Waals surface area contributed by atoms with Crippen LogP contribution in [0.15, 0.2) is 28.3 Å². The number of hydrogen-bond acceptors (Lipinski definition) is 5. The lowest BCUT2D eigenvalue weighted by Crippen LogP contribution is -2.04. The molecule has 0 unspecified atom stereocenters. The summed E-state index contributed by atoms with van der Waals surface area (Å²) in [5, 5.41) is 18.5. The number of nitrogens with zero attached hydrogens (tertiary/aromatic N) is 3. The number of benzene rings is 1. The number of carboxylic acids is 1. The fourth-order valence-corrected chi connectivity index (χ4v) is 3.41. The molecule has 7 heteroatoms. The molecule has 1 aromatic heterocycles. The maximum Gasteiger partial charge on any atom is 0.336 e. The second-order valence-corrected chi connectivity index (χ2v) is 6.03. The Morgan fingerprint density at radius 1 is 1.29 bits per heavy atom. The fourth-order valence-electron chi connectivity index (χ4n) is 2.44. The zero-order chi connectivity index (χ0) is 14.8. The molecule has 1 aliphatic rings. The highest BCUT2D eigenvalue weighted by atomic mass is 32.2. The van der Waals surface area contributed by atoms with E-state index in [9.17, 15) is 9.90 Å². The Labute approximate surface area is 126 Å². The van der Waals surface area contributed by atoms with Gasteiger partial charge in [-0.1, -0.05) is 6.42 Å². The quantitative estimate of drug-likeness (QED) is 0.846. The SMILES string of the molecule is Nc1ccc(Sc2nnc3n2CCCCC3)c(C(=O)O)c1. The highest BCUT2D eigenvalue weighted by Crippen LogP contribution is 2.32. The minimum atomic E-state index is -0.986. The number of rotatable bonds is 3. The monoisotopic (exact) mass is 304 g/mol. The van der Waals surface area contributed by atoms with Gasteiger partial charge in [-0.25, -0.2) is 4.79 Å². The molecule has 0 saturated heterocycles. The normalized spacial score (nSPS) is 14.5. The molecule has 0 spiro atoms. The van der Waals surface area contributed by atoms with Gasteiger partial charge in [-0.3, -0.25) is 0 Å². The van der Waals surface area contributed by atoms with Crippen molar-refractivity contribution in [1.82, 2.24) is 14.8 Å². The smallest absolute Gasteiger partial charge is 0.336 e. The Bertz CT molecular complexity index is 684. The van der Waals surface area contributed by atoms with E-state index in [0.717, 1.165) is 36.8 Å². The molecule has 110 valence electrons. The zero-order valence-corrected chi connectivity index (χ0v) is 12.3. The van der Waals surface area contributed by atoms with Crippen LogP contribution in [0.2, 0.25) is 0 Å². The lowest BCUT2D eigenvalue weighted by molar-refractivity contribution is 0.0693. The zero-order valence-electron chi connectivity index (χ0n) is 11.5. The number of carboxylic acid groups (broad SMARTS) is 1. The molecule has 3 rings (SSSR count). The molecule has 2 aromatic rings. The molecule has 0 aliphatic carbocycles. The van der Waals surface area contributed by atoms with E-state index >= 15 is 0 Å². The second kappa shape index (κ2) is 5.77. The van der Waals surface area contributed by atoms with Gasteiger partial charge in [-0.2, -0.15) is 0 Å². The van der Waals surface area contributed by atoms with E-state index < -0.39 is 5.97 Å². The standard InChI is InChI=1S/C14H16N4O2S/c15-9-5-6-11(10(8-9)13(19)20)21-14-17-16-12-4-2-1-3-7-18(12)14/h5-6,8H,1-4,7,15H2,(H,19,20). The predicted octanol–water partition coefficient (Wildman–Crippen LogP) is 2.44. The van der Waals surface area contributed by atoms with Crippen molar-refractivity contribution in [3.8, 4) is 0 Å². The lowest BCUT2D eigenvalue weighted by atomic mass is 10.2. The van der Waals surface area contributed by atoms with Gasteiger partial charge in [-0.15, -0.1) is 10.2 Å². The van der Waals surface area contributed by atoms with Crippen molar-refractivity contribution >= 4 is 23.4 Å². The number of hydrogen-bond donors (Lipinski definition) is 2. The van der Waals surface area contributed by atoms with Crippen LogP contribution < -0.4 is 5.73 Å². The summed E-state index contributed by atoms with van der Waals surface area (Å²) in [5.74, 6) is 0.00252. The van der Waals surface area contributed by atoms with Gasteiger partial charge in [0.05, 0.1) is 5.56 Å². The molecule has 3 N–H and O–H groups in total. The number of aromatic nitrogens is 3. The highest BCUT2D eigenvalue weighted by molar-refractivity contribution is 7.99. The summed E-state index contributed by atoms with van der Waals surface area (Å²) >= 11 is 1.33. The maximum absolute atomic E-state index is 11.3. The van der Waals surface area contributed by atoms with E-state index in [1.807, 2.05) is 0 Å². The maximum atomic E-state index is 11.3. The average molecular weight is 304 g/mol. The van der Waals surface area contributed by atoms with Gasteiger partial charge in [0.15, 0.2) is 5.16 Å². The summed E-state index contributed by atoms with van der Waals surface area (Å²) in [6.45, 7) is 0.891. The van der Waals surface area contributed by atoms with Gasteiger partial charge < -0.3 is 15.4 Å². The van der Waals surface area contributed by atoms with E-state index in [2.05, 4.69) is 14.8 Å². The number of nitrogen functional groups attached to an aromatic ring is 1. The Morgan fingerprint density at radius 3 is 2.95 bits per heavy atom. The summed E-state index contributed by atoms with van der Waals surface area (Å²) in [6.07, 6.45) is 4.36.